The zero-order valence-corrected chi connectivity index (χ0v) is 17.2. The summed E-state index contributed by atoms with van der Waals surface area (Å²) in [6.45, 7) is 5.72. The fraction of sp³-hybridized carbons (Fsp3) is 0.227. The molecule has 2 N–H and O–H groups in total. The SMILES string of the molecule is CCC(Oc1cccc(/C=C2/SC(=Nc3cc(C)ccc3C)NC2=O)c1)C(=O)O. The number of nitrogens with zero attached hydrogens (tertiary/aromatic N) is 1. The average molecular weight is 410 g/mol. The van der Waals surface area contributed by atoms with Crippen molar-refractivity contribution in [3.63, 3.8) is 0 Å². The average Bonchev–Trinajstić information content (AvgIpc) is 3.01. The van der Waals surface area contributed by atoms with E-state index in [4.69, 9.17) is 9.84 Å². The van der Waals surface area contributed by atoms with Gasteiger partial charge in [-0.25, -0.2) is 9.79 Å². The van der Waals surface area contributed by atoms with Gasteiger partial charge in [0.15, 0.2) is 11.3 Å². The second-order valence-corrected chi connectivity index (χ2v) is 7.73. The molecule has 0 aliphatic carbocycles. The third-order valence-corrected chi connectivity index (χ3v) is 5.23. The molecule has 2 aromatic rings. The number of hydrogen-bond donors (Lipinski definition) is 2. The number of carboxylic acids is 1. The largest absolute Gasteiger partial charge is 0.479 e. The molecule has 29 heavy (non-hydrogen) atoms. The molecule has 1 heterocycles. The van der Waals surface area contributed by atoms with Gasteiger partial charge in [0.05, 0.1) is 10.6 Å². The summed E-state index contributed by atoms with van der Waals surface area (Å²) in [6, 6.07) is 13.0. The molecule has 0 bridgehead atoms. The van der Waals surface area contributed by atoms with Crippen molar-refractivity contribution < 1.29 is 19.4 Å². The van der Waals surface area contributed by atoms with Crippen LogP contribution in [0, 0.1) is 13.8 Å². The van der Waals surface area contributed by atoms with Crippen LogP contribution in [0.15, 0.2) is 52.4 Å². The number of carboxylic acid groups (broad SMARTS) is 1. The molecule has 1 atom stereocenters. The zero-order valence-electron chi connectivity index (χ0n) is 16.4. The second kappa shape index (κ2) is 8.96. The standard InChI is InChI=1S/C22H22N2O4S/c1-4-18(21(26)27)28-16-7-5-6-15(11-16)12-19-20(25)24-22(29-19)23-17-10-13(2)8-9-14(17)3/h5-12,18H,4H2,1-3H3,(H,26,27)(H,23,24,25)/b19-12+. The Morgan fingerprint density at radius 3 is 2.79 bits per heavy atom. The maximum atomic E-state index is 12.3. The Kier molecular flexibility index (Phi) is 6.39. The lowest BCUT2D eigenvalue weighted by Gasteiger charge is -2.13. The van der Waals surface area contributed by atoms with Crippen LogP contribution in [0.3, 0.4) is 0 Å². The molecule has 1 aliphatic heterocycles. The van der Waals surface area contributed by atoms with Crippen LogP contribution in [0.4, 0.5) is 5.69 Å². The van der Waals surface area contributed by atoms with Crippen LogP contribution < -0.4 is 10.1 Å². The first-order chi connectivity index (χ1) is 13.9. The third kappa shape index (κ3) is 5.26. The Labute approximate surface area is 173 Å². The van der Waals surface area contributed by atoms with Crippen molar-refractivity contribution >= 4 is 40.6 Å². The highest BCUT2D eigenvalue weighted by molar-refractivity contribution is 8.18. The Bertz CT molecular complexity index is 1010. The first-order valence-electron chi connectivity index (χ1n) is 9.22. The van der Waals surface area contributed by atoms with E-state index in [1.54, 1.807) is 31.2 Å². The van der Waals surface area contributed by atoms with Crippen molar-refractivity contribution in [3.8, 4) is 5.75 Å². The van der Waals surface area contributed by atoms with E-state index in [0.29, 0.717) is 22.2 Å². The Balaban J connectivity index is 1.80. The quantitative estimate of drug-likeness (QED) is 0.688. The number of aliphatic carboxylic acids is 1. The topological polar surface area (TPSA) is 88.0 Å². The normalized spacial score (nSPS) is 17.4. The molecular weight excluding hydrogens is 388 g/mol. The number of nitrogens with one attached hydrogen (secondary N) is 1. The molecule has 7 heteroatoms. The summed E-state index contributed by atoms with van der Waals surface area (Å²) >= 11 is 1.27. The highest BCUT2D eigenvalue weighted by Gasteiger charge is 2.24. The molecular formula is C22H22N2O4S. The third-order valence-electron chi connectivity index (χ3n) is 4.32. The van der Waals surface area contributed by atoms with Crippen LogP contribution in [-0.4, -0.2) is 28.3 Å². The van der Waals surface area contributed by atoms with Gasteiger partial charge in [0, 0.05) is 0 Å². The number of amides is 1. The number of amidine groups is 1. The number of ether oxygens (including phenoxy) is 1. The van der Waals surface area contributed by atoms with Gasteiger partial charge in [-0.3, -0.25) is 4.79 Å². The number of carbonyl (C=O) groups is 2. The molecule has 1 saturated heterocycles. The smallest absolute Gasteiger partial charge is 0.344 e. The van der Waals surface area contributed by atoms with Crippen LogP contribution in [0.2, 0.25) is 0 Å². The predicted molar refractivity (Wildman–Crippen MR) is 116 cm³/mol. The van der Waals surface area contributed by atoms with Gasteiger partial charge in [-0.1, -0.05) is 31.2 Å². The summed E-state index contributed by atoms with van der Waals surface area (Å²) in [5.41, 5.74) is 3.70. The summed E-state index contributed by atoms with van der Waals surface area (Å²) in [7, 11) is 0. The van der Waals surface area contributed by atoms with Gasteiger partial charge in [-0.15, -0.1) is 0 Å². The fourth-order valence-electron chi connectivity index (χ4n) is 2.73. The summed E-state index contributed by atoms with van der Waals surface area (Å²) in [6.07, 6.45) is 1.19. The lowest BCUT2D eigenvalue weighted by atomic mass is 10.1. The Hall–Kier alpha value is -3.06. The van der Waals surface area contributed by atoms with E-state index in [1.807, 2.05) is 38.1 Å². The summed E-state index contributed by atoms with van der Waals surface area (Å²) in [4.78, 5) is 28.6. The maximum absolute atomic E-state index is 12.3. The first kappa shape index (κ1) is 20.7. The number of carbonyl (C=O) groups excluding carboxylic acids is 1. The number of hydrogen-bond acceptors (Lipinski definition) is 5. The monoisotopic (exact) mass is 410 g/mol. The van der Waals surface area contributed by atoms with E-state index in [2.05, 4.69) is 10.3 Å². The number of rotatable bonds is 6. The molecule has 1 amide bonds. The Morgan fingerprint density at radius 2 is 2.07 bits per heavy atom. The van der Waals surface area contributed by atoms with Crippen LogP contribution in [-0.2, 0) is 9.59 Å². The van der Waals surface area contributed by atoms with E-state index < -0.39 is 12.1 Å². The van der Waals surface area contributed by atoms with Gasteiger partial charge in [-0.05, 0) is 73.0 Å². The molecule has 0 aromatic heterocycles. The number of aryl methyl sites for hydroxylation is 2. The van der Waals surface area contributed by atoms with Crippen molar-refractivity contribution in [2.45, 2.75) is 33.3 Å². The van der Waals surface area contributed by atoms with Crippen LogP contribution in [0.25, 0.3) is 6.08 Å². The maximum Gasteiger partial charge on any atom is 0.344 e. The van der Waals surface area contributed by atoms with E-state index >= 15 is 0 Å². The van der Waals surface area contributed by atoms with Crippen LogP contribution in [0.1, 0.15) is 30.0 Å². The first-order valence-corrected chi connectivity index (χ1v) is 10.0. The Morgan fingerprint density at radius 1 is 1.28 bits per heavy atom. The molecule has 2 aromatic carbocycles. The van der Waals surface area contributed by atoms with Crippen molar-refractivity contribution in [3.05, 3.63) is 64.1 Å². The predicted octanol–water partition coefficient (Wildman–Crippen LogP) is 4.44. The van der Waals surface area contributed by atoms with Gasteiger partial charge < -0.3 is 15.2 Å². The van der Waals surface area contributed by atoms with Crippen LogP contribution >= 0.6 is 11.8 Å². The van der Waals surface area contributed by atoms with Gasteiger partial charge in [0.25, 0.3) is 5.91 Å². The zero-order chi connectivity index (χ0) is 21.0. The lowest BCUT2D eigenvalue weighted by Crippen LogP contribution is -2.25. The molecule has 1 unspecified atom stereocenters. The van der Waals surface area contributed by atoms with Gasteiger partial charge in [0.2, 0.25) is 0 Å². The van der Waals surface area contributed by atoms with Crippen LogP contribution in [0.5, 0.6) is 5.75 Å². The van der Waals surface area contributed by atoms with Crippen molar-refractivity contribution in [1.82, 2.24) is 5.32 Å². The minimum absolute atomic E-state index is 0.220. The van der Waals surface area contributed by atoms with Crippen molar-refractivity contribution in [2.24, 2.45) is 4.99 Å². The lowest BCUT2D eigenvalue weighted by molar-refractivity contribution is -0.145. The fourth-order valence-corrected chi connectivity index (χ4v) is 3.57. The molecule has 6 nitrogen and oxygen atoms in total. The highest BCUT2D eigenvalue weighted by atomic mass is 32.2. The number of benzene rings is 2. The van der Waals surface area contributed by atoms with Crippen molar-refractivity contribution in [1.29, 1.82) is 0 Å². The molecule has 1 aliphatic rings. The number of thioether (sulfide) groups is 1. The van der Waals surface area contributed by atoms with E-state index in [1.165, 1.54) is 11.8 Å². The molecule has 150 valence electrons. The summed E-state index contributed by atoms with van der Waals surface area (Å²) in [5.74, 6) is -0.780. The second-order valence-electron chi connectivity index (χ2n) is 6.70. The van der Waals surface area contributed by atoms with Gasteiger partial charge in [-0.2, -0.15) is 0 Å². The van der Waals surface area contributed by atoms with Gasteiger partial charge in [0.1, 0.15) is 5.75 Å². The summed E-state index contributed by atoms with van der Waals surface area (Å²) < 4.78 is 5.52. The molecule has 0 saturated carbocycles. The highest BCUT2D eigenvalue weighted by Crippen LogP contribution is 2.30. The minimum Gasteiger partial charge on any atom is -0.479 e. The van der Waals surface area contributed by atoms with E-state index in [0.717, 1.165) is 22.4 Å². The molecule has 1 fully saturated rings. The van der Waals surface area contributed by atoms with E-state index in [-0.39, 0.29) is 5.91 Å². The summed E-state index contributed by atoms with van der Waals surface area (Å²) in [5, 5.41) is 12.5. The number of aliphatic imine (C=N–C) groups is 1. The van der Waals surface area contributed by atoms with Crippen molar-refractivity contribution in [2.75, 3.05) is 0 Å². The molecule has 3 rings (SSSR count). The molecule has 0 radical (unpaired) electrons. The van der Waals surface area contributed by atoms with E-state index in [9.17, 15) is 9.59 Å². The molecule has 0 spiro atoms. The minimum atomic E-state index is -1.01. The van der Waals surface area contributed by atoms with Gasteiger partial charge >= 0.3 is 5.97 Å².